The van der Waals surface area contributed by atoms with Crippen molar-refractivity contribution in [2.45, 2.75) is 6.92 Å². The van der Waals surface area contributed by atoms with Crippen LogP contribution in [0.15, 0.2) is 12.4 Å². The molecule has 0 aliphatic rings. The Morgan fingerprint density at radius 2 is 2.08 bits per heavy atom. The van der Waals surface area contributed by atoms with Crippen molar-refractivity contribution in [3.8, 4) is 0 Å². The lowest BCUT2D eigenvalue weighted by Crippen LogP contribution is -2.23. The van der Waals surface area contributed by atoms with Crippen LogP contribution in [-0.2, 0) is 0 Å². The van der Waals surface area contributed by atoms with Crippen LogP contribution in [0.2, 0.25) is 0 Å². The lowest BCUT2D eigenvalue weighted by Gasteiger charge is -2.12. The summed E-state index contributed by atoms with van der Waals surface area (Å²) >= 11 is 0. The van der Waals surface area contributed by atoms with Gasteiger partial charge in [-0.25, -0.2) is 0 Å². The molecule has 0 unspecified atom stereocenters. The van der Waals surface area contributed by atoms with Crippen molar-refractivity contribution in [2.24, 2.45) is 0 Å². The van der Waals surface area contributed by atoms with Crippen LogP contribution in [0.5, 0.6) is 0 Å². The molecule has 0 saturated carbocycles. The fourth-order valence-corrected chi connectivity index (χ4v) is 0.998. The number of hydrogen-bond donors (Lipinski definition) is 1. The third kappa shape index (κ3) is 1.77. The first-order chi connectivity index (χ1) is 6.04. The summed E-state index contributed by atoms with van der Waals surface area (Å²) in [6.07, 6.45) is 3.08. The van der Waals surface area contributed by atoms with E-state index in [0.717, 1.165) is 5.56 Å². The molecule has 0 aromatic carbocycles. The van der Waals surface area contributed by atoms with Gasteiger partial charge < -0.3 is 10.6 Å². The minimum atomic E-state index is -0.0719. The lowest BCUT2D eigenvalue weighted by molar-refractivity contribution is 0.0826. The lowest BCUT2D eigenvalue weighted by atomic mass is 10.1. The van der Waals surface area contributed by atoms with Gasteiger partial charge in [0, 0.05) is 20.3 Å². The van der Waals surface area contributed by atoms with Gasteiger partial charge in [-0.05, 0) is 12.5 Å². The standard InChI is InChI=1S/C9H13N3O/c1-6-7(9(13)12(2)3)4-11-5-8(6)10/h4-5H,10H2,1-3H3. The average molecular weight is 179 g/mol. The number of hydrogen-bond acceptors (Lipinski definition) is 3. The molecule has 0 radical (unpaired) electrons. The van der Waals surface area contributed by atoms with Gasteiger partial charge >= 0.3 is 0 Å². The maximum atomic E-state index is 11.5. The Hall–Kier alpha value is -1.58. The van der Waals surface area contributed by atoms with E-state index in [0.29, 0.717) is 11.3 Å². The first-order valence-electron chi connectivity index (χ1n) is 3.95. The minimum absolute atomic E-state index is 0.0719. The molecule has 1 aromatic rings. The molecule has 2 N–H and O–H groups in total. The molecule has 0 fully saturated rings. The predicted molar refractivity (Wildman–Crippen MR) is 51.4 cm³/mol. The largest absolute Gasteiger partial charge is 0.397 e. The summed E-state index contributed by atoms with van der Waals surface area (Å²) < 4.78 is 0. The Kier molecular flexibility index (Phi) is 2.51. The van der Waals surface area contributed by atoms with Crippen LogP contribution < -0.4 is 5.73 Å². The van der Waals surface area contributed by atoms with E-state index in [1.807, 2.05) is 6.92 Å². The zero-order valence-corrected chi connectivity index (χ0v) is 8.03. The Morgan fingerprint density at radius 1 is 1.46 bits per heavy atom. The van der Waals surface area contributed by atoms with Crippen molar-refractivity contribution in [2.75, 3.05) is 19.8 Å². The Morgan fingerprint density at radius 3 is 2.62 bits per heavy atom. The van der Waals surface area contributed by atoms with Crippen LogP contribution in [0.3, 0.4) is 0 Å². The molecule has 1 rings (SSSR count). The van der Waals surface area contributed by atoms with Crippen LogP contribution in [0.4, 0.5) is 5.69 Å². The van der Waals surface area contributed by atoms with Gasteiger partial charge in [0.05, 0.1) is 17.4 Å². The molecular formula is C9H13N3O. The summed E-state index contributed by atoms with van der Waals surface area (Å²) in [6.45, 7) is 1.81. The number of carbonyl (C=O) groups is 1. The van der Waals surface area contributed by atoms with Crippen molar-refractivity contribution in [3.05, 3.63) is 23.5 Å². The zero-order chi connectivity index (χ0) is 10.0. The van der Waals surface area contributed by atoms with E-state index in [-0.39, 0.29) is 5.91 Å². The van der Waals surface area contributed by atoms with E-state index in [9.17, 15) is 4.79 Å². The molecule has 0 atom stereocenters. The molecule has 1 heterocycles. The Bertz CT molecular complexity index is 334. The maximum absolute atomic E-state index is 11.5. The quantitative estimate of drug-likeness (QED) is 0.689. The second-order valence-corrected chi connectivity index (χ2v) is 3.10. The van der Waals surface area contributed by atoms with Gasteiger partial charge in [0.15, 0.2) is 0 Å². The van der Waals surface area contributed by atoms with E-state index in [4.69, 9.17) is 5.73 Å². The highest BCUT2D eigenvalue weighted by atomic mass is 16.2. The minimum Gasteiger partial charge on any atom is -0.397 e. The predicted octanol–water partition coefficient (Wildman–Crippen LogP) is 0.674. The number of nitrogens with zero attached hydrogens (tertiary/aromatic N) is 2. The number of pyridine rings is 1. The van der Waals surface area contributed by atoms with Gasteiger partial charge in [-0.15, -0.1) is 0 Å². The third-order valence-electron chi connectivity index (χ3n) is 1.89. The van der Waals surface area contributed by atoms with Gasteiger partial charge in [0.2, 0.25) is 0 Å². The normalized spacial score (nSPS) is 9.77. The second-order valence-electron chi connectivity index (χ2n) is 3.10. The molecule has 0 aliphatic carbocycles. The highest BCUT2D eigenvalue weighted by molar-refractivity contribution is 5.96. The van der Waals surface area contributed by atoms with Crippen molar-refractivity contribution >= 4 is 11.6 Å². The summed E-state index contributed by atoms with van der Waals surface area (Å²) in [7, 11) is 3.40. The topological polar surface area (TPSA) is 59.2 Å². The summed E-state index contributed by atoms with van der Waals surface area (Å²) in [4.78, 5) is 16.9. The van der Waals surface area contributed by atoms with E-state index >= 15 is 0 Å². The molecule has 1 aromatic heterocycles. The number of rotatable bonds is 1. The monoisotopic (exact) mass is 179 g/mol. The number of aromatic nitrogens is 1. The second kappa shape index (κ2) is 3.43. The molecule has 0 spiro atoms. The third-order valence-corrected chi connectivity index (χ3v) is 1.89. The first kappa shape index (κ1) is 9.51. The van der Waals surface area contributed by atoms with Crippen molar-refractivity contribution < 1.29 is 4.79 Å². The first-order valence-corrected chi connectivity index (χ1v) is 3.95. The van der Waals surface area contributed by atoms with Gasteiger partial charge in [0.25, 0.3) is 5.91 Å². The van der Waals surface area contributed by atoms with Crippen molar-refractivity contribution in [1.82, 2.24) is 9.88 Å². The van der Waals surface area contributed by atoms with E-state index in [1.54, 1.807) is 20.3 Å². The van der Waals surface area contributed by atoms with Crippen LogP contribution in [-0.4, -0.2) is 29.9 Å². The van der Waals surface area contributed by atoms with Gasteiger partial charge in [0.1, 0.15) is 0 Å². The SMILES string of the molecule is Cc1c(N)cncc1C(=O)N(C)C. The fraction of sp³-hybridized carbons (Fsp3) is 0.333. The average Bonchev–Trinajstić information content (AvgIpc) is 2.08. The summed E-state index contributed by atoms with van der Waals surface area (Å²) in [6, 6.07) is 0. The highest BCUT2D eigenvalue weighted by Crippen LogP contribution is 2.14. The van der Waals surface area contributed by atoms with Crippen LogP contribution in [0.1, 0.15) is 15.9 Å². The molecule has 1 amide bonds. The van der Waals surface area contributed by atoms with Gasteiger partial charge in [-0.3, -0.25) is 9.78 Å². The van der Waals surface area contributed by atoms with E-state index < -0.39 is 0 Å². The molecule has 4 nitrogen and oxygen atoms in total. The summed E-state index contributed by atoms with van der Waals surface area (Å²) in [5.74, 6) is -0.0719. The molecule has 0 bridgehead atoms. The van der Waals surface area contributed by atoms with Crippen LogP contribution >= 0.6 is 0 Å². The van der Waals surface area contributed by atoms with Crippen molar-refractivity contribution in [1.29, 1.82) is 0 Å². The maximum Gasteiger partial charge on any atom is 0.255 e. The van der Waals surface area contributed by atoms with Gasteiger partial charge in [-0.2, -0.15) is 0 Å². The molecule has 4 heteroatoms. The number of nitrogens with two attached hydrogens (primary N) is 1. The van der Waals surface area contributed by atoms with Crippen LogP contribution in [0, 0.1) is 6.92 Å². The zero-order valence-electron chi connectivity index (χ0n) is 8.03. The summed E-state index contributed by atoms with van der Waals surface area (Å²) in [5, 5.41) is 0. The molecule has 70 valence electrons. The van der Waals surface area contributed by atoms with Crippen LogP contribution in [0.25, 0.3) is 0 Å². The molecule has 13 heavy (non-hydrogen) atoms. The molecule has 0 aliphatic heterocycles. The smallest absolute Gasteiger partial charge is 0.255 e. The Labute approximate surface area is 77.4 Å². The fourth-order valence-electron chi connectivity index (χ4n) is 0.998. The Balaban J connectivity index is 3.15. The van der Waals surface area contributed by atoms with Crippen molar-refractivity contribution in [3.63, 3.8) is 0 Å². The van der Waals surface area contributed by atoms with E-state index in [2.05, 4.69) is 4.98 Å². The van der Waals surface area contributed by atoms with Gasteiger partial charge in [-0.1, -0.05) is 0 Å². The highest BCUT2D eigenvalue weighted by Gasteiger charge is 2.12. The molecule has 0 saturated heterocycles. The molecular weight excluding hydrogens is 166 g/mol. The number of nitrogen functional groups attached to an aromatic ring is 1. The van der Waals surface area contributed by atoms with E-state index in [1.165, 1.54) is 11.1 Å². The number of anilines is 1. The number of amides is 1. The number of carbonyl (C=O) groups excluding carboxylic acids is 1. The summed E-state index contributed by atoms with van der Waals surface area (Å²) in [5.41, 5.74) is 7.52.